The standard InChI is InChI=1S/C26H27FN8O2/c27-19-6-8-22-17(13-19)4-3-16-12-18(24(29)37)5-7-21(16)26(22,25-31-33-34-32-25)9-10-30-15-23(36)35-11-1-2-20(35)14-28/h5-8,12-13,20,30H,1-4,9-11,15H2,(H2,29,37)(H,31,32,33,34)/t20-,26?/m0/s1. The molecule has 1 aromatic heterocycles. The maximum atomic E-state index is 14.3. The van der Waals surface area contributed by atoms with Crippen molar-refractivity contribution in [2.45, 2.75) is 43.6 Å². The molecule has 2 amide bonds. The Morgan fingerprint density at radius 3 is 2.68 bits per heavy atom. The Morgan fingerprint density at radius 1 is 1.22 bits per heavy atom. The van der Waals surface area contributed by atoms with Crippen molar-refractivity contribution in [3.63, 3.8) is 0 Å². The molecule has 0 saturated carbocycles. The van der Waals surface area contributed by atoms with E-state index in [1.54, 1.807) is 23.1 Å². The number of primary amides is 1. The third-order valence-corrected chi connectivity index (χ3v) is 7.44. The first kappa shape index (κ1) is 24.5. The molecule has 190 valence electrons. The Bertz CT molecular complexity index is 1370. The fourth-order valence-corrected chi connectivity index (χ4v) is 5.71. The number of aromatic amines is 1. The number of rotatable bonds is 7. The molecule has 0 spiro atoms. The zero-order valence-corrected chi connectivity index (χ0v) is 20.2. The number of likely N-dealkylation sites (tertiary alicyclic amines) is 1. The van der Waals surface area contributed by atoms with Crippen LogP contribution in [-0.2, 0) is 23.1 Å². The van der Waals surface area contributed by atoms with Crippen LogP contribution >= 0.6 is 0 Å². The summed E-state index contributed by atoms with van der Waals surface area (Å²) in [7, 11) is 0. The minimum atomic E-state index is -0.920. The second-order valence-electron chi connectivity index (χ2n) is 9.48. The summed E-state index contributed by atoms with van der Waals surface area (Å²) < 4.78 is 14.3. The zero-order valence-electron chi connectivity index (χ0n) is 20.2. The number of nitrogens with one attached hydrogen (secondary N) is 2. The SMILES string of the molecule is N#C[C@@H]1CCCN1C(=O)CNCCC1(c2nn[nH]n2)c2ccc(F)cc2CCc2cc(C(N)=O)ccc21. The van der Waals surface area contributed by atoms with Crippen molar-refractivity contribution in [1.29, 1.82) is 5.26 Å². The highest BCUT2D eigenvalue weighted by atomic mass is 19.1. The number of halogens is 1. The van der Waals surface area contributed by atoms with E-state index in [2.05, 4.69) is 32.0 Å². The van der Waals surface area contributed by atoms with Crippen molar-refractivity contribution in [2.24, 2.45) is 5.73 Å². The molecule has 2 aliphatic rings. The molecular weight excluding hydrogens is 475 g/mol. The van der Waals surface area contributed by atoms with E-state index in [9.17, 15) is 19.2 Å². The number of fused-ring (bicyclic) bond motifs is 2. The molecule has 1 aliphatic heterocycles. The molecule has 5 rings (SSSR count). The molecule has 4 N–H and O–H groups in total. The van der Waals surface area contributed by atoms with Crippen molar-refractivity contribution in [3.05, 3.63) is 75.9 Å². The molecule has 3 aromatic rings. The fraction of sp³-hybridized carbons (Fsp3) is 0.385. The molecule has 1 fully saturated rings. The van der Waals surface area contributed by atoms with Crippen molar-refractivity contribution in [3.8, 4) is 6.07 Å². The summed E-state index contributed by atoms with van der Waals surface area (Å²) in [6.07, 6.45) is 3.08. The summed E-state index contributed by atoms with van der Waals surface area (Å²) in [5.74, 6) is -0.579. The third kappa shape index (κ3) is 4.44. The van der Waals surface area contributed by atoms with Crippen LogP contribution in [0.2, 0.25) is 0 Å². The predicted octanol–water partition coefficient (Wildman–Crippen LogP) is 1.36. The van der Waals surface area contributed by atoms with Gasteiger partial charge >= 0.3 is 0 Å². The highest BCUT2D eigenvalue weighted by Gasteiger charge is 2.44. The lowest BCUT2D eigenvalue weighted by atomic mass is 9.69. The smallest absolute Gasteiger partial charge is 0.248 e. The molecule has 10 nitrogen and oxygen atoms in total. The summed E-state index contributed by atoms with van der Waals surface area (Å²) in [6, 6.07) is 11.8. The quantitative estimate of drug-likeness (QED) is 0.412. The number of nitrogens with two attached hydrogens (primary N) is 1. The molecule has 11 heteroatoms. The topological polar surface area (TPSA) is 154 Å². The Hall–Kier alpha value is -4.17. The third-order valence-electron chi connectivity index (χ3n) is 7.44. The second kappa shape index (κ2) is 10.1. The first-order chi connectivity index (χ1) is 17.9. The predicted molar refractivity (Wildman–Crippen MR) is 131 cm³/mol. The van der Waals surface area contributed by atoms with Crippen LogP contribution in [0.1, 0.15) is 57.7 Å². The largest absolute Gasteiger partial charge is 0.366 e. The molecule has 1 aliphatic carbocycles. The minimum Gasteiger partial charge on any atom is -0.366 e. The van der Waals surface area contributed by atoms with Gasteiger partial charge in [0.1, 0.15) is 11.9 Å². The number of carbonyl (C=O) groups excluding carboxylic acids is 2. The van der Waals surface area contributed by atoms with Gasteiger partial charge in [-0.15, -0.1) is 10.2 Å². The molecule has 1 saturated heterocycles. The van der Waals surface area contributed by atoms with Gasteiger partial charge in [-0.25, -0.2) is 4.39 Å². The lowest BCUT2D eigenvalue weighted by Gasteiger charge is -2.34. The van der Waals surface area contributed by atoms with Crippen LogP contribution in [0.15, 0.2) is 36.4 Å². The summed E-state index contributed by atoms with van der Waals surface area (Å²) in [4.78, 5) is 26.3. The van der Waals surface area contributed by atoms with Gasteiger partial charge in [0.15, 0.2) is 5.82 Å². The van der Waals surface area contributed by atoms with Gasteiger partial charge in [0.25, 0.3) is 0 Å². The van der Waals surface area contributed by atoms with E-state index in [1.165, 1.54) is 12.1 Å². The van der Waals surface area contributed by atoms with Crippen LogP contribution in [0.5, 0.6) is 0 Å². The molecule has 1 unspecified atom stereocenters. The Morgan fingerprint density at radius 2 is 1.97 bits per heavy atom. The van der Waals surface area contributed by atoms with Gasteiger partial charge in [0, 0.05) is 12.1 Å². The van der Waals surface area contributed by atoms with E-state index in [0.717, 1.165) is 28.7 Å². The van der Waals surface area contributed by atoms with Gasteiger partial charge in [-0.1, -0.05) is 17.3 Å². The fourth-order valence-electron chi connectivity index (χ4n) is 5.71. The van der Waals surface area contributed by atoms with E-state index in [-0.39, 0.29) is 24.3 Å². The van der Waals surface area contributed by atoms with Crippen molar-refractivity contribution >= 4 is 11.8 Å². The number of aryl methyl sites for hydroxylation is 2. The average Bonchev–Trinajstić information content (AvgIpc) is 3.58. The van der Waals surface area contributed by atoms with Gasteiger partial charge in [-0.05, 0) is 85.2 Å². The minimum absolute atomic E-state index is 0.0875. The average molecular weight is 503 g/mol. The Labute approximate surface area is 213 Å². The van der Waals surface area contributed by atoms with Crippen LogP contribution in [0, 0.1) is 17.1 Å². The van der Waals surface area contributed by atoms with Crippen LogP contribution in [0.25, 0.3) is 0 Å². The number of tetrazole rings is 1. The van der Waals surface area contributed by atoms with Gasteiger partial charge in [-0.3, -0.25) is 9.59 Å². The van der Waals surface area contributed by atoms with Crippen molar-refractivity contribution in [1.82, 2.24) is 30.8 Å². The molecule has 2 aromatic carbocycles. The van der Waals surface area contributed by atoms with Gasteiger partial charge in [0.05, 0.1) is 18.0 Å². The van der Waals surface area contributed by atoms with Crippen LogP contribution < -0.4 is 11.1 Å². The number of carbonyl (C=O) groups is 2. The van der Waals surface area contributed by atoms with Crippen LogP contribution in [0.3, 0.4) is 0 Å². The van der Waals surface area contributed by atoms with Gasteiger partial charge in [0.2, 0.25) is 11.8 Å². The lowest BCUT2D eigenvalue weighted by molar-refractivity contribution is -0.130. The summed E-state index contributed by atoms with van der Waals surface area (Å²) in [5.41, 5.74) is 8.45. The lowest BCUT2D eigenvalue weighted by Crippen LogP contribution is -2.42. The Balaban J connectivity index is 1.52. The molecule has 0 radical (unpaired) electrons. The van der Waals surface area contributed by atoms with E-state index in [4.69, 9.17) is 5.73 Å². The maximum Gasteiger partial charge on any atom is 0.248 e. The van der Waals surface area contributed by atoms with Crippen LogP contribution in [0.4, 0.5) is 4.39 Å². The first-order valence-electron chi connectivity index (χ1n) is 12.3. The summed E-state index contributed by atoms with van der Waals surface area (Å²) >= 11 is 0. The number of benzene rings is 2. The molecule has 2 heterocycles. The monoisotopic (exact) mass is 502 g/mol. The van der Waals surface area contributed by atoms with Crippen LogP contribution in [-0.4, -0.2) is 63.0 Å². The van der Waals surface area contributed by atoms with E-state index in [1.807, 2.05) is 6.07 Å². The number of aromatic nitrogens is 4. The zero-order chi connectivity index (χ0) is 26.0. The summed E-state index contributed by atoms with van der Waals surface area (Å²) in [6.45, 7) is 1.07. The number of nitriles is 1. The van der Waals surface area contributed by atoms with Crippen molar-refractivity contribution in [2.75, 3.05) is 19.6 Å². The number of H-pyrrole nitrogens is 1. The number of hydrogen-bond acceptors (Lipinski definition) is 7. The van der Waals surface area contributed by atoms with E-state index in [0.29, 0.717) is 50.2 Å². The first-order valence-corrected chi connectivity index (χ1v) is 12.3. The Kier molecular flexibility index (Phi) is 6.67. The highest BCUT2D eigenvalue weighted by molar-refractivity contribution is 5.93. The summed E-state index contributed by atoms with van der Waals surface area (Å²) in [5, 5.41) is 27.6. The van der Waals surface area contributed by atoms with E-state index < -0.39 is 11.3 Å². The number of nitrogens with zero attached hydrogens (tertiary/aromatic N) is 5. The van der Waals surface area contributed by atoms with E-state index >= 15 is 0 Å². The molecule has 0 bridgehead atoms. The molecular formula is C26H27FN8O2. The molecule has 37 heavy (non-hydrogen) atoms. The van der Waals surface area contributed by atoms with Gasteiger partial charge in [-0.2, -0.15) is 10.5 Å². The molecule has 2 atom stereocenters. The van der Waals surface area contributed by atoms with Gasteiger partial charge < -0.3 is 16.0 Å². The number of amides is 2. The second-order valence-corrected chi connectivity index (χ2v) is 9.48. The number of hydrogen-bond donors (Lipinski definition) is 3. The maximum absolute atomic E-state index is 14.3. The normalized spacial score (nSPS) is 20.5. The highest BCUT2D eigenvalue weighted by Crippen LogP contribution is 2.45. The van der Waals surface area contributed by atoms with Crippen molar-refractivity contribution < 1.29 is 14.0 Å².